The summed E-state index contributed by atoms with van der Waals surface area (Å²) in [5.41, 5.74) is 12.0. The van der Waals surface area contributed by atoms with E-state index in [1.165, 1.54) is 0 Å². The molecule has 0 radical (unpaired) electrons. The van der Waals surface area contributed by atoms with Crippen LogP contribution in [0.15, 0.2) is 212 Å². The Balaban J connectivity index is 1.06. The van der Waals surface area contributed by atoms with Crippen molar-refractivity contribution in [1.29, 1.82) is 5.26 Å². The zero-order valence-corrected chi connectivity index (χ0v) is 33.3. The van der Waals surface area contributed by atoms with Gasteiger partial charge in [0.1, 0.15) is 0 Å². The molecule has 2 heterocycles. The van der Waals surface area contributed by atoms with Crippen LogP contribution in [0.2, 0.25) is 0 Å². The molecule has 0 amide bonds. The van der Waals surface area contributed by atoms with Crippen molar-refractivity contribution in [2.45, 2.75) is 0 Å². The Morgan fingerprint density at radius 2 is 0.581 bits per heavy atom. The zero-order valence-electron chi connectivity index (χ0n) is 33.3. The van der Waals surface area contributed by atoms with E-state index in [9.17, 15) is 5.26 Å². The van der Waals surface area contributed by atoms with Gasteiger partial charge in [-0.05, 0) is 57.6 Å². The van der Waals surface area contributed by atoms with Gasteiger partial charge in [-0.15, -0.1) is 0 Å². The van der Waals surface area contributed by atoms with Crippen LogP contribution in [0.1, 0.15) is 5.56 Å². The SMILES string of the molecule is N#Cc1ccc(-c2ccc(-c3ccc(-c4cccc(-c5nc(-c6ccccc6)nc(-c6ccccc6)n5)c4)cc3)c(-c3nc(-c4ccccc4)nc(-c4ccccc4)n3)c2)cc1. The fourth-order valence-electron chi connectivity index (χ4n) is 7.44. The zero-order chi connectivity index (χ0) is 41.7. The van der Waals surface area contributed by atoms with Crippen molar-refractivity contribution < 1.29 is 0 Å². The minimum Gasteiger partial charge on any atom is -0.208 e. The number of nitrogens with zero attached hydrogens (tertiary/aromatic N) is 7. The minimum absolute atomic E-state index is 0.557. The first-order chi connectivity index (χ1) is 30.6. The lowest BCUT2D eigenvalue weighted by Gasteiger charge is -2.15. The van der Waals surface area contributed by atoms with Gasteiger partial charge in [0.25, 0.3) is 0 Å². The highest BCUT2D eigenvalue weighted by atomic mass is 15.0. The molecule has 0 aliphatic heterocycles. The Hall–Kier alpha value is -8.73. The molecule has 290 valence electrons. The molecule has 8 aromatic carbocycles. The van der Waals surface area contributed by atoms with E-state index < -0.39 is 0 Å². The maximum Gasteiger partial charge on any atom is 0.164 e. The summed E-state index contributed by atoms with van der Waals surface area (Å²) in [5.74, 6) is 3.58. The highest BCUT2D eigenvalue weighted by Gasteiger charge is 2.18. The van der Waals surface area contributed by atoms with Crippen molar-refractivity contribution in [2.24, 2.45) is 0 Å². The molecule has 0 saturated carbocycles. The van der Waals surface area contributed by atoms with Crippen LogP contribution >= 0.6 is 0 Å². The second-order valence-corrected chi connectivity index (χ2v) is 14.7. The average molecular weight is 794 g/mol. The van der Waals surface area contributed by atoms with Gasteiger partial charge < -0.3 is 0 Å². The van der Waals surface area contributed by atoms with Gasteiger partial charge in [0.15, 0.2) is 34.9 Å². The quantitative estimate of drug-likeness (QED) is 0.143. The second-order valence-electron chi connectivity index (χ2n) is 14.7. The number of aromatic nitrogens is 6. The molecule has 10 rings (SSSR count). The Bertz CT molecular complexity index is 3090. The van der Waals surface area contributed by atoms with Crippen LogP contribution in [0.25, 0.3) is 102 Å². The molecule has 2 aromatic heterocycles. The third-order valence-electron chi connectivity index (χ3n) is 10.7. The molecular weight excluding hydrogens is 759 g/mol. The van der Waals surface area contributed by atoms with E-state index in [2.05, 4.69) is 60.7 Å². The number of hydrogen-bond acceptors (Lipinski definition) is 7. The molecule has 0 saturated heterocycles. The van der Waals surface area contributed by atoms with Gasteiger partial charge in [-0.1, -0.05) is 188 Å². The predicted octanol–water partition coefficient (Wildman–Crippen LogP) is 12.9. The van der Waals surface area contributed by atoms with Crippen LogP contribution in [0.5, 0.6) is 0 Å². The van der Waals surface area contributed by atoms with E-state index in [1.807, 2.05) is 158 Å². The molecule has 7 heteroatoms. The fraction of sp³-hybridized carbons (Fsp3) is 0. The lowest BCUT2D eigenvalue weighted by Crippen LogP contribution is -2.01. The van der Waals surface area contributed by atoms with Gasteiger partial charge in [0, 0.05) is 33.4 Å². The van der Waals surface area contributed by atoms with Crippen LogP contribution in [0, 0.1) is 11.3 Å². The smallest absolute Gasteiger partial charge is 0.164 e. The predicted molar refractivity (Wildman–Crippen MR) is 247 cm³/mol. The van der Waals surface area contributed by atoms with Gasteiger partial charge in [0.2, 0.25) is 0 Å². The average Bonchev–Trinajstić information content (AvgIpc) is 3.37. The van der Waals surface area contributed by atoms with E-state index in [1.54, 1.807) is 0 Å². The van der Waals surface area contributed by atoms with Crippen LogP contribution < -0.4 is 0 Å². The maximum atomic E-state index is 9.47. The summed E-state index contributed by atoms with van der Waals surface area (Å²) in [6.45, 7) is 0. The first-order valence-corrected chi connectivity index (χ1v) is 20.3. The normalized spacial score (nSPS) is 10.9. The molecule has 0 bridgehead atoms. The Morgan fingerprint density at radius 1 is 0.242 bits per heavy atom. The van der Waals surface area contributed by atoms with Crippen molar-refractivity contribution in [3.8, 4) is 108 Å². The van der Waals surface area contributed by atoms with Crippen molar-refractivity contribution in [1.82, 2.24) is 29.9 Å². The minimum atomic E-state index is 0.557. The molecule has 0 aliphatic carbocycles. The maximum absolute atomic E-state index is 9.47. The van der Waals surface area contributed by atoms with E-state index >= 15 is 0 Å². The van der Waals surface area contributed by atoms with E-state index in [0.29, 0.717) is 40.5 Å². The highest BCUT2D eigenvalue weighted by Crippen LogP contribution is 2.37. The number of benzene rings is 8. The molecule has 0 fully saturated rings. The van der Waals surface area contributed by atoms with Gasteiger partial charge >= 0.3 is 0 Å². The standard InChI is InChI=1S/C55H35N7/c56-36-37-24-26-38(27-25-37)46-32-33-48(49(35-46)55-61-52(43-18-9-3-10-19-43)58-53(62-55)44-20-11-4-12-21-44)40-30-28-39(29-31-40)45-22-13-23-47(34-45)54-59-50(41-14-5-1-6-15-41)57-51(60-54)42-16-7-2-8-17-42/h1-35H. The molecule has 0 N–H and O–H groups in total. The highest BCUT2D eigenvalue weighted by molar-refractivity contribution is 5.87. The number of nitriles is 1. The van der Waals surface area contributed by atoms with Crippen LogP contribution in [-0.4, -0.2) is 29.9 Å². The van der Waals surface area contributed by atoms with Crippen molar-refractivity contribution in [2.75, 3.05) is 0 Å². The molecule has 7 nitrogen and oxygen atoms in total. The Labute approximate surface area is 359 Å². The summed E-state index contributed by atoms with van der Waals surface area (Å²) in [6.07, 6.45) is 0. The summed E-state index contributed by atoms with van der Waals surface area (Å²) in [4.78, 5) is 30.0. The Morgan fingerprint density at radius 3 is 1.03 bits per heavy atom. The van der Waals surface area contributed by atoms with Gasteiger partial charge in [0.05, 0.1) is 11.6 Å². The van der Waals surface area contributed by atoms with Crippen molar-refractivity contribution in [3.05, 3.63) is 218 Å². The van der Waals surface area contributed by atoms with E-state index in [4.69, 9.17) is 29.9 Å². The molecular formula is C55H35N7. The van der Waals surface area contributed by atoms with Crippen molar-refractivity contribution >= 4 is 0 Å². The van der Waals surface area contributed by atoms with Crippen molar-refractivity contribution in [3.63, 3.8) is 0 Å². The van der Waals surface area contributed by atoms with E-state index in [0.717, 1.165) is 66.8 Å². The van der Waals surface area contributed by atoms with Gasteiger partial charge in [-0.2, -0.15) is 5.26 Å². The molecule has 0 atom stereocenters. The number of rotatable bonds is 9. The molecule has 62 heavy (non-hydrogen) atoms. The summed E-state index contributed by atoms with van der Waals surface area (Å²) in [6, 6.07) is 73.1. The number of hydrogen-bond donors (Lipinski definition) is 0. The topological polar surface area (TPSA) is 101 Å². The lowest BCUT2D eigenvalue weighted by molar-refractivity contribution is 1.07. The van der Waals surface area contributed by atoms with Gasteiger partial charge in [-0.3, -0.25) is 0 Å². The summed E-state index contributed by atoms with van der Waals surface area (Å²) in [7, 11) is 0. The monoisotopic (exact) mass is 793 g/mol. The third-order valence-corrected chi connectivity index (χ3v) is 10.7. The van der Waals surface area contributed by atoms with Crippen LogP contribution in [0.4, 0.5) is 0 Å². The molecule has 0 spiro atoms. The lowest BCUT2D eigenvalue weighted by atomic mass is 9.93. The summed E-state index contributed by atoms with van der Waals surface area (Å²) < 4.78 is 0. The second kappa shape index (κ2) is 16.9. The van der Waals surface area contributed by atoms with E-state index in [-0.39, 0.29) is 0 Å². The first kappa shape index (κ1) is 37.5. The van der Waals surface area contributed by atoms with Crippen LogP contribution in [0.3, 0.4) is 0 Å². The third kappa shape index (κ3) is 7.87. The molecule has 0 aliphatic rings. The summed E-state index contributed by atoms with van der Waals surface area (Å²) >= 11 is 0. The fourth-order valence-corrected chi connectivity index (χ4v) is 7.44. The van der Waals surface area contributed by atoms with Gasteiger partial charge in [-0.25, -0.2) is 29.9 Å². The summed E-state index contributed by atoms with van der Waals surface area (Å²) in [5, 5.41) is 9.47. The van der Waals surface area contributed by atoms with Crippen LogP contribution in [-0.2, 0) is 0 Å². The largest absolute Gasteiger partial charge is 0.208 e. The Kier molecular flexibility index (Phi) is 10.2. The molecule has 10 aromatic rings. The first-order valence-electron chi connectivity index (χ1n) is 20.3. The molecule has 0 unspecified atom stereocenters.